The molecule has 5 aliphatic rings. The van der Waals surface area contributed by atoms with Crippen LogP contribution in [0.4, 0.5) is 0 Å². The lowest BCUT2D eigenvalue weighted by molar-refractivity contribution is -0.144. The third-order valence-electron chi connectivity index (χ3n) is 7.47. The smallest absolute Gasteiger partial charge is 0.246 e. The number of carbonyl (C=O) groups excluding carboxylic acids is 2. The van der Waals surface area contributed by atoms with E-state index in [2.05, 4.69) is 17.4 Å². The van der Waals surface area contributed by atoms with Gasteiger partial charge in [-0.3, -0.25) is 9.59 Å². The molecule has 4 heterocycles. The average Bonchev–Trinajstić information content (AvgIpc) is 3.02. The maximum absolute atomic E-state index is 13.3. The fraction of sp³-hybridized carbons (Fsp3) is 0.667. The highest BCUT2D eigenvalue weighted by atomic mass is 16.5. The third-order valence-corrected chi connectivity index (χ3v) is 7.47. The Labute approximate surface area is 183 Å². The number of para-hydroxylation sites is 1. The van der Waals surface area contributed by atoms with Crippen LogP contribution in [0.2, 0.25) is 0 Å². The Morgan fingerprint density at radius 2 is 1.94 bits per heavy atom. The number of hydrogen-bond donors (Lipinski definition) is 1. The first kappa shape index (κ1) is 20.8. The van der Waals surface area contributed by atoms with Crippen LogP contribution < -0.4 is 10.1 Å². The zero-order valence-corrected chi connectivity index (χ0v) is 18.2. The van der Waals surface area contributed by atoms with Crippen LogP contribution >= 0.6 is 0 Å². The Kier molecular flexibility index (Phi) is 5.65. The third kappa shape index (κ3) is 3.94. The lowest BCUT2D eigenvalue weighted by Crippen LogP contribution is -2.65. The molecule has 4 aliphatic heterocycles. The van der Waals surface area contributed by atoms with Crippen molar-refractivity contribution in [3.8, 4) is 5.75 Å². The van der Waals surface area contributed by atoms with Gasteiger partial charge < -0.3 is 24.4 Å². The quantitative estimate of drug-likeness (QED) is 0.687. The topological polar surface area (TPSA) is 77.1 Å². The maximum atomic E-state index is 13.3. The first-order valence-corrected chi connectivity index (χ1v) is 11.6. The van der Waals surface area contributed by atoms with Crippen LogP contribution in [-0.4, -0.2) is 66.9 Å². The Morgan fingerprint density at radius 3 is 2.74 bits per heavy atom. The van der Waals surface area contributed by atoms with Crippen molar-refractivity contribution in [3.05, 3.63) is 29.8 Å². The molecule has 1 aromatic carbocycles. The van der Waals surface area contributed by atoms with E-state index < -0.39 is 5.54 Å². The van der Waals surface area contributed by atoms with Crippen LogP contribution in [-0.2, 0) is 19.1 Å². The Bertz CT molecular complexity index is 837. The van der Waals surface area contributed by atoms with Gasteiger partial charge in [0, 0.05) is 6.04 Å². The van der Waals surface area contributed by atoms with Crippen LogP contribution in [0.1, 0.15) is 56.9 Å². The van der Waals surface area contributed by atoms with Crippen molar-refractivity contribution in [3.63, 3.8) is 0 Å². The molecule has 7 heteroatoms. The Morgan fingerprint density at radius 1 is 1.13 bits per heavy atom. The maximum Gasteiger partial charge on any atom is 0.246 e. The van der Waals surface area contributed by atoms with Gasteiger partial charge in [-0.25, -0.2) is 0 Å². The molecule has 1 aromatic rings. The second-order valence-electron chi connectivity index (χ2n) is 9.51. The van der Waals surface area contributed by atoms with Crippen LogP contribution in [0.3, 0.4) is 0 Å². The average molecular weight is 429 g/mol. The second kappa shape index (κ2) is 8.43. The summed E-state index contributed by atoms with van der Waals surface area (Å²) in [5.41, 5.74) is 0.672. The predicted octanol–water partition coefficient (Wildman–Crippen LogP) is 2.39. The summed E-state index contributed by atoms with van der Waals surface area (Å²) < 4.78 is 18.2. The first-order chi connectivity index (χ1) is 15.1. The van der Waals surface area contributed by atoms with Gasteiger partial charge in [-0.05, 0) is 56.6 Å². The van der Waals surface area contributed by atoms with E-state index in [1.807, 2.05) is 24.0 Å². The molecular weight excluding hydrogens is 396 g/mol. The summed E-state index contributed by atoms with van der Waals surface area (Å²) in [6.07, 6.45) is 5.27. The molecule has 2 amide bonds. The number of benzene rings is 1. The van der Waals surface area contributed by atoms with Crippen molar-refractivity contribution in [2.75, 3.05) is 26.4 Å². The summed E-state index contributed by atoms with van der Waals surface area (Å²) in [6, 6.07) is 8.00. The molecule has 1 saturated carbocycles. The van der Waals surface area contributed by atoms with Gasteiger partial charge in [0.15, 0.2) is 0 Å². The summed E-state index contributed by atoms with van der Waals surface area (Å²) in [7, 11) is 0. The van der Waals surface area contributed by atoms with Gasteiger partial charge in [0.2, 0.25) is 11.8 Å². The SMILES string of the molecule is C[C@@H]1CC2(COCC(=O)N2)C2COC3CCC(CC3)c3ccccc3OCCC(=O)N21. The number of morpholine rings is 1. The molecule has 6 rings (SSSR count). The van der Waals surface area contributed by atoms with Crippen molar-refractivity contribution < 1.29 is 23.8 Å². The van der Waals surface area contributed by atoms with E-state index in [4.69, 9.17) is 14.2 Å². The van der Waals surface area contributed by atoms with Gasteiger partial charge in [-0.2, -0.15) is 0 Å². The lowest BCUT2D eigenvalue weighted by atomic mass is 9.82. The molecule has 0 aromatic heterocycles. The highest BCUT2D eigenvalue weighted by molar-refractivity contribution is 5.81. The second-order valence-corrected chi connectivity index (χ2v) is 9.51. The highest BCUT2D eigenvalue weighted by Gasteiger charge is 2.55. The lowest BCUT2D eigenvalue weighted by Gasteiger charge is -2.42. The minimum Gasteiger partial charge on any atom is -0.493 e. The molecular formula is C24H32N2O5. The molecule has 7 nitrogen and oxygen atoms in total. The van der Waals surface area contributed by atoms with Crippen molar-refractivity contribution in [2.45, 2.75) is 75.1 Å². The van der Waals surface area contributed by atoms with E-state index in [1.54, 1.807) is 0 Å². The Hall–Kier alpha value is -2.12. The van der Waals surface area contributed by atoms with E-state index in [0.29, 0.717) is 38.6 Å². The monoisotopic (exact) mass is 428 g/mol. The number of nitrogens with zero attached hydrogens (tertiary/aromatic N) is 1. The normalized spacial score (nSPS) is 36.4. The molecule has 31 heavy (non-hydrogen) atoms. The fourth-order valence-electron chi connectivity index (χ4n) is 6.05. The van der Waals surface area contributed by atoms with Crippen molar-refractivity contribution in [2.24, 2.45) is 0 Å². The van der Waals surface area contributed by atoms with Gasteiger partial charge in [0.25, 0.3) is 0 Å². The van der Waals surface area contributed by atoms with E-state index in [-0.39, 0.29) is 36.6 Å². The number of hydrogen-bond acceptors (Lipinski definition) is 5. The van der Waals surface area contributed by atoms with E-state index in [9.17, 15) is 9.59 Å². The van der Waals surface area contributed by atoms with Gasteiger partial charge in [0.1, 0.15) is 12.4 Å². The number of fused-ring (bicyclic) bond motifs is 6. The summed E-state index contributed by atoms with van der Waals surface area (Å²) >= 11 is 0. The molecule has 2 bridgehead atoms. The van der Waals surface area contributed by atoms with Crippen molar-refractivity contribution in [1.82, 2.24) is 10.2 Å². The van der Waals surface area contributed by atoms with E-state index in [1.165, 1.54) is 5.56 Å². The fourth-order valence-corrected chi connectivity index (χ4v) is 6.05. The first-order valence-electron chi connectivity index (χ1n) is 11.6. The summed E-state index contributed by atoms with van der Waals surface area (Å²) in [4.78, 5) is 27.4. The van der Waals surface area contributed by atoms with Gasteiger partial charge >= 0.3 is 0 Å². The van der Waals surface area contributed by atoms with Crippen LogP contribution in [0.5, 0.6) is 5.75 Å². The standard InChI is InChI=1S/C24H32N2O5/c1-16-12-24(15-29-14-22(27)25-24)21-13-31-18-8-6-17(7-9-18)19-4-2-3-5-20(19)30-11-10-23(28)26(16)21/h2-5,16-18,21H,6-15H2,1H3,(H,25,27)/t16-,17?,18?,21?,24?/m1/s1. The molecule has 1 aliphatic carbocycles. The Balaban J connectivity index is 1.43. The number of carbonyl (C=O) groups is 2. The van der Waals surface area contributed by atoms with Crippen LogP contribution in [0.25, 0.3) is 0 Å². The molecule has 168 valence electrons. The zero-order chi connectivity index (χ0) is 21.4. The number of amides is 2. The minimum absolute atomic E-state index is 0.000900. The molecule has 2 unspecified atom stereocenters. The number of ether oxygens (including phenoxy) is 3. The molecule has 0 radical (unpaired) electrons. The molecule has 3 fully saturated rings. The van der Waals surface area contributed by atoms with Gasteiger partial charge in [-0.15, -0.1) is 0 Å². The largest absolute Gasteiger partial charge is 0.493 e. The van der Waals surface area contributed by atoms with Crippen molar-refractivity contribution >= 4 is 11.8 Å². The zero-order valence-electron chi connectivity index (χ0n) is 18.2. The van der Waals surface area contributed by atoms with Crippen molar-refractivity contribution in [1.29, 1.82) is 0 Å². The molecule has 1 N–H and O–H groups in total. The molecule has 1 spiro atoms. The highest BCUT2D eigenvalue weighted by Crippen LogP contribution is 2.40. The molecule has 3 atom stereocenters. The van der Waals surface area contributed by atoms with Crippen LogP contribution in [0, 0.1) is 0 Å². The summed E-state index contributed by atoms with van der Waals surface area (Å²) in [6.45, 7) is 3.31. The molecule has 2 saturated heterocycles. The summed E-state index contributed by atoms with van der Waals surface area (Å²) in [5, 5.41) is 3.16. The van der Waals surface area contributed by atoms with E-state index >= 15 is 0 Å². The van der Waals surface area contributed by atoms with Gasteiger partial charge in [0.05, 0.1) is 43.9 Å². The predicted molar refractivity (Wildman–Crippen MR) is 114 cm³/mol. The van der Waals surface area contributed by atoms with E-state index in [0.717, 1.165) is 31.4 Å². The summed E-state index contributed by atoms with van der Waals surface area (Å²) in [5.74, 6) is 1.28. The number of rotatable bonds is 0. The number of nitrogens with one attached hydrogen (secondary N) is 1. The van der Waals surface area contributed by atoms with Gasteiger partial charge in [-0.1, -0.05) is 18.2 Å². The minimum atomic E-state index is -0.577. The van der Waals surface area contributed by atoms with Crippen LogP contribution in [0.15, 0.2) is 24.3 Å².